The van der Waals surface area contributed by atoms with Crippen LogP contribution >= 0.6 is 0 Å². The third kappa shape index (κ3) is 2.67. The SMILES string of the molecule is O=C(Nc1cc(=O)[nH]c2nc(-c3ccccc3)nn12)C1CCCO1. The Hall–Kier alpha value is -3.00. The van der Waals surface area contributed by atoms with Crippen LogP contribution in [0.2, 0.25) is 0 Å². The molecule has 1 aromatic carbocycles. The molecule has 0 radical (unpaired) electrons. The second-order valence-electron chi connectivity index (χ2n) is 5.55. The van der Waals surface area contributed by atoms with E-state index < -0.39 is 6.10 Å². The second-order valence-corrected chi connectivity index (χ2v) is 5.55. The first kappa shape index (κ1) is 14.6. The minimum Gasteiger partial charge on any atom is -0.368 e. The van der Waals surface area contributed by atoms with Crippen LogP contribution in [0.25, 0.3) is 17.2 Å². The molecular formula is C16H15N5O3. The van der Waals surface area contributed by atoms with Gasteiger partial charge in [0.25, 0.3) is 11.5 Å². The van der Waals surface area contributed by atoms with Crippen LogP contribution in [0, 0.1) is 0 Å². The third-order valence-electron chi connectivity index (χ3n) is 3.84. The highest BCUT2D eigenvalue weighted by Crippen LogP contribution is 2.18. The highest BCUT2D eigenvalue weighted by molar-refractivity contribution is 5.93. The molecule has 1 amide bonds. The van der Waals surface area contributed by atoms with Crippen LogP contribution in [0.5, 0.6) is 0 Å². The molecule has 0 spiro atoms. The Kier molecular flexibility index (Phi) is 3.58. The number of nitrogens with one attached hydrogen (secondary N) is 2. The van der Waals surface area contributed by atoms with E-state index in [1.165, 1.54) is 10.6 Å². The zero-order valence-electron chi connectivity index (χ0n) is 12.7. The van der Waals surface area contributed by atoms with Gasteiger partial charge in [-0.2, -0.15) is 9.50 Å². The van der Waals surface area contributed by atoms with Crippen LogP contribution in [0.4, 0.5) is 5.82 Å². The smallest absolute Gasteiger partial charge is 0.254 e. The quantitative estimate of drug-likeness (QED) is 0.753. The molecule has 0 saturated carbocycles. The van der Waals surface area contributed by atoms with Crippen molar-refractivity contribution in [3.8, 4) is 11.4 Å². The summed E-state index contributed by atoms with van der Waals surface area (Å²) in [6, 6.07) is 10.7. The molecule has 1 fully saturated rings. The zero-order valence-corrected chi connectivity index (χ0v) is 12.7. The fourth-order valence-corrected chi connectivity index (χ4v) is 2.68. The minimum absolute atomic E-state index is 0.268. The number of carbonyl (C=O) groups is 1. The van der Waals surface area contributed by atoms with E-state index in [1.807, 2.05) is 30.3 Å². The first-order valence-corrected chi connectivity index (χ1v) is 7.69. The lowest BCUT2D eigenvalue weighted by molar-refractivity contribution is -0.124. The van der Waals surface area contributed by atoms with Crippen molar-refractivity contribution in [1.82, 2.24) is 19.6 Å². The van der Waals surface area contributed by atoms with Gasteiger partial charge in [0.15, 0.2) is 5.82 Å². The van der Waals surface area contributed by atoms with Crippen LogP contribution in [-0.2, 0) is 9.53 Å². The van der Waals surface area contributed by atoms with Gasteiger partial charge < -0.3 is 10.1 Å². The molecule has 0 aliphatic carbocycles. The van der Waals surface area contributed by atoms with Gasteiger partial charge in [-0.05, 0) is 12.8 Å². The van der Waals surface area contributed by atoms with Crippen molar-refractivity contribution >= 4 is 17.5 Å². The van der Waals surface area contributed by atoms with E-state index in [0.717, 1.165) is 12.0 Å². The number of nitrogens with zero attached hydrogens (tertiary/aromatic N) is 3. The van der Waals surface area contributed by atoms with Gasteiger partial charge in [0, 0.05) is 18.2 Å². The number of aromatic amines is 1. The Morgan fingerprint density at radius 2 is 2.17 bits per heavy atom. The standard InChI is InChI=1S/C16H15N5O3/c22-13-9-12(17-15(23)11-7-4-8-24-11)21-16(18-13)19-14(20-21)10-5-2-1-3-6-10/h1-3,5-6,9,11H,4,7-8H2,(H,17,23)(H,18,19,20,22). The van der Waals surface area contributed by atoms with Gasteiger partial charge >= 0.3 is 0 Å². The highest BCUT2D eigenvalue weighted by atomic mass is 16.5. The Morgan fingerprint density at radius 1 is 1.33 bits per heavy atom. The van der Waals surface area contributed by atoms with E-state index >= 15 is 0 Å². The number of H-pyrrole nitrogens is 1. The van der Waals surface area contributed by atoms with Crippen molar-refractivity contribution in [3.05, 3.63) is 46.8 Å². The summed E-state index contributed by atoms with van der Waals surface area (Å²) >= 11 is 0. The molecule has 3 heterocycles. The van der Waals surface area contributed by atoms with Gasteiger partial charge in [0.1, 0.15) is 11.9 Å². The molecule has 1 saturated heterocycles. The Balaban J connectivity index is 1.73. The fourth-order valence-electron chi connectivity index (χ4n) is 2.68. The summed E-state index contributed by atoms with van der Waals surface area (Å²) in [5, 5.41) is 7.09. The molecule has 8 nitrogen and oxygen atoms in total. The largest absolute Gasteiger partial charge is 0.368 e. The summed E-state index contributed by atoms with van der Waals surface area (Å²) in [6.07, 6.45) is 1.03. The lowest BCUT2D eigenvalue weighted by atomic mass is 10.2. The molecule has 122 valence electrons. The molecule has 2 N–H and O–H groups in total. The number of benzene rings is 1. The van der Waals surface area contributed by atoms with Gasteiger partial charge in [-0.15, -0.1) is 5.10 Å². The highest BCUT2D eigenvalue weighted by Gasteiger charge is 2.24. The van der Waals surface area contributed by atoms with Crippen LogP contribution in [0.1, 0.15) is 12.8 Å². The van der Waals surface area contributed by atoms with Gasteiger partial charge in [0.05, 0.1) is 0 Å². The van der Waals surface area contributed by atoms with Crippen LogP contribution in [-0.4, -0.2) is 38.2 Å². The fraction of sp³-hybridized carbons (Fsp3) is 0.250. The summed E-state index contributed by atoms with van der Waals surface area (Å²) in [7, 11) is 0. The normalized spacial score (nSPS) is 17.2. The van der Waals surface area contributed by atoms with E-state index in [1.54, 1.807) is 0 Å². The van der Waals surface area contributed by atoms with E-state index in [0.29, 0.717) is 18.9 Å². The monoisotopic (exact) mass is 325 g/mol. The molecular weight excluding hydrogens is 310 g/mol. The first-order valence-electron chi connectivity index (χ1n) is 7.69. The third-order valence-corrected chi connectivity index (χ3v) is 3.84. The molecule has 8 heteroatoms. The Labute approximate surface area is 136 Å². The van der Waals surface area contributed by atoms with Crippen molar-refractivity contribution < 1.29 is 9.53 Å². The van der Waals surface area contributed by atoms with Gasteiger partial charge in [-0.3, -0.25) is 14.6 Å². The Morgan fingerprint density at radius 3 is 2.92 bits per heavy atom. The molecule has 4 rings (SSSR count). The van der Waals surface area contributed by atoms with E-state index in [4.69, 9.17) is 4.74 Å². The molecule has 1 atom stereocenters. The van der Waals surface area contributed by atoms with Crippen molar-refractivity contribution in [2.24, 2.45) is 0 Å². The van der Waals surface area contributed by atoms with Crippen LogP contribution in [0.15, 0.2) is 41.2 Å². The zero-order chi connectivity index (χ0) is 16.5. The number of hydrogen-bond donors (Lipinski definition) is 2. The van der Waals surface area contributed by atoms with E-state index in [9.17, 15) is 9.59 Å². The predicted octanol–water partition coefficient (Wildman–Crippen LogP) is 1.20. The molecule has 0 bridgehead atoms. The predicted molar refractivity (Wildman–Crippen MR) is 86.6 cm³/mol. The number of anilines is 1. The first-order chi connectivity index (χ1) is 11.7. The summed E-state index contributed by atoms with van der Waals surface area (Å²) in [4.78, 5) is 31.0. The Bertz CT molecular complexity index is 941. The van der Waals surface area contributed by atoms with Gasteiger partial charge in [0.2, 0.25) is 5.78 Å². The lowest BCUT2D eigenvalue weighted by Crippen LogP contribution is -2.28. The minimum atomic E-state index is -0.489. The molecule has 24 heavy (non-hydrogen) atoms. The van der Waals surface area contributed by atoms with E-state index in [2.05, 4.69) is 20.4 Å². The lowest BCUT2D eigenvalue weighted by Gasteiger charge is -2.10. The average Bonchev–Trinajstić information content (AvgIpc) is 3.25. The number of carbonyl (C=O) groups excluding carboxylic acids is 1. The summed E-state index contributed by atoms with van der Waals surface area (Å²) in [5.74, 6) is 0.717. The maximum atomic E-state index is 12.2. The molecule has 1 unspecified atom stereocenters. The van der Waals surface area contributed by atoms with Gasteiger partial charge in [-0.1, -0.05) is 30.3 Å². The average molecular weight is 325 g/mol. The second kappa shape index (κ2) is 5.89. The molecule has 1 aliphatic rings. The van der Waals surface area contributed by atoms with Crippen LogP contribution in [0.3, 0.4) is 0 Å². The van der Waals surface area contributed by atoms with Crippen LogP contribution < -0.4 is 10.9 Å². The molecule has 1 aliphatic heterocycles. The topological polar surface area (TPSA) is 101 Å². The number of amides is 1. The van der Waals surface area contributed by atoms with Crippen molar-refractivity contribution in [2.75, 3.05) is 11.9 Å². The number of hydrogen-bond acceptors (Lipinski definition) is 5. The summed E-state index contributed by atoms with van der Waals surface area (Å²) < 4.78 is 6.77. The number of rotatable bonds is 3. The number of fused-ring (bicyclic) bond motifs is 1. The van der Waals surface area contributed by atoms with Crippen molar-refractivity contribution in [3.63, 3.8) is 0 Å². The number of ether oxygens (including phenoxy) is 1. The van der Waals surface area contributed by atoms with Crippen molar-refractivity contribution in [2.45, 2.75) is 18.9 Å². The molecule has 3 aromatic rings. The maximum Gasteiger partial charge on any atom is 0.254 e. The number of aromatic nitrogens is 4. The summed E-state index contributed by atoms with van der Waals surface area (Å²) in [6.45, 7) is 0.574. The molecule has 2 aromatic heterocycles. The summed E-state index contributed by atoms with van der Waals surface area (Å²) in [5.41, 5.74) is 0.454. The van der Waals surface area contributed by atoms with Gasteiger partial charge in [-0.25, -0.2) is 0 Å². The van der Waals surface area contributed by atoms with E-state index in [-0.39, 0.29) is 23.1 Å². The maximum absolute atomic E-state index is 12.2. The van der Waals surface area contributed by atoms with Crippen molar-refractivity contribution in [1.29, 1.82) is 0 Å².